The van der Waals surface area contributed by atoms with Crippen molar-refractivity contribution in [1.82, 2.24) is 5.32 Å². The minimum Gasteiger partial charge on any atom is -0.355 e. The van der Waals surface area contributed by atoms with Crippen LogP contribution in [0.15, 0.2) is 0 Å². The lowest BCUT2D eigenvalue weighted by molar-refractivity contribution is -0.123. The molecule has 2 unspecified atom stereocenters. The lowest BCUT2D eigenvalue weighted by Gasteiger charge is -2.03. The second-order valence-corrected chi connectivity index (χ2v) is 4.03. The Hall–Kier alpha value is -0.970. The van der Waals surface area contributed by atoms with Gasteiger partial charge in [0.15, 0.2) is 0 Å². The summed E-state index contributed by atoms with van der Waals surface area (Å²) >= 11 is 0. The summed E-state index contributed by atoms with van der Waals surface area (Å²) in [4.78, 5) is 11.5. The van der Waals surface area contributed by atoms with E-state index in [1.165, 1.54) is 19.3 Å². The maximum Gasteiger partial charge on any atom is 0.223 e. The minimum absolute atomic E-state index is 0.241. The van der Waals surface area contributed by atoms with E-state index in [-0.39, 0.29) is 5.91 Å². The molecule has 2 saturated carbocycles. The second kappa shape index (κ2) is 3.41. The highest BCUT2D eigenvalue weighted by Crippen LogP contribution is 2.57. The molecule has 2 fully saturated rings. The van der Waals surface area contributed by atoms with Gasteiger partial charge in [0.1, 0.15) is 0 Å². The fourth-order valence-corrected chi connectivity index (χ4v) is 2.59. The van der Waals surface area contributed by atoms with Crippen molar-refractivity contribution in [2.45, 2.75) is 25.7 Å². The van der Waals surface area contributed by atoms with Crippen molar-refractivity contribution in [3.05, 3.63) is 0 Å². The van der Waals surface area contributed by atoms with Crippen molar-refractivity contribution in [2.24, 2.45) is 17.8 Å². The van der Waals surface area contributed by atoms with Gasteiger partial charge in [0, 0.05) is 18.9 Å². The van der Waals surface area contributed by atoms with E-state index in [2.05, 4.69) is 11.2 Å². The highest BCUT2D eigenvalue weighted by molar-refractivity contribution is 5.82. The van der Waals surface area contributed by atoms with Crippen LogP contribution in [0.25, 0.3) is 0 Å². The van der Waals surface area contributed by atoms with Gasteiger partial charge in [-0.2, -0.15) is 0 Å². The first kappa shape index (κ1) is 8.62. The van der Waals surface area contributed by atoms with E-state index in [0.717, 1.165) is 0 Å². The van der Waals surface area contributed by atoms with Crippen LogP contribution < -0.4 is 5.32 Å². The lowest BCUT2D eigenvalue weighted by Crippen LogP contribution is -2.27. The first-order valence-electron chi connectivity index (χ1n) is 5.06. The Labute approximate surface area is 79.1 Å². The Morgan fingerprint density at radius 2 is 2.15 bits per heavy atom. The van der Waals surface area contributed by atoms with Crippen LogP contribution in [-0.2, 0) is 4.79 Å². The fraction of sp³-hybridized carbons (Fsp3) is 0.727. The summed E-state index contributed by atoms with van der Waals surface area (Å²) in [6.45, 7) is 0.644. The number of rotatable bonds is 3. The molecule has 2 aliphatic rings. The third-order valence-corrected chi connectivity index (χ3v) is 3.28. The number of terminal acetylenes is 1. The number of fused-ring (bicyclic) bond motifs is 1. The van der Waals surface area contributed by atoms with Crippen LogP contribution in [0, 0.1) is 30.1 Å². The number of carbonyl (C=O) groups excluding carboxylic acids is 1. The van der Waals surface area contributed by atoms with Gasteiger partial charge in [0.2, 0.25) is 5.91 Å². The second-order valence-electron chi connectivity index (χ2n) is 4.03. The molecule has 0 aromatic heterocycles. The third kappa shape index (κ3) is 1.56. The van der Waals surface area contributed by atoms with Crippen LogP contribution in [0.5, 0.6) is 0 Å². The molecule has 0 aliphatic heterocycles. The topological polar surface area (TPSA) is 29.1 Å². The van der Waals surface area contributed by atoms with Crippen molar-refractivity contribution in [2.75, 3.05) is 6.54 Å². The third-order valence-electron chi connectivity index (χ3n) is 3.28. The van der Waals surface area contributed by atoms with Gasteiger partial charge in [-0.25, -0.2) is 0 Å². The van der Waals surface area contributed by atoms with Gasteiger partial charge in [-0.3, -0.25) is 4.79 Å². The number of hydrogen-bond acceptors (Lipinski definition) is 1. The van der Waals surface area contributed by atoms with E-state index >= 15 is 0 Å². The van der Waals surface area contributed by atoms with E-state index in [4.69, 9.17) is 6.42 Å². The molecule has 0 saturated heterocycles. The zero-order chi connectivity index (χ0) is 9.26. The van der Waals surface area contributed by atoms with Gasteiger partial charge in [0.05, 0.1) is 0 Å². The largest absolute Gasteiger partial charge is 0.355 e. The Kier molecular flexibility index (Phi) is 2.26. The molecule has 0 radical (unpaired) electrons. The lowest BCUT2D eigenvalue weighted by atomic mass is 10.1. The zero-order valence-corrected chi connectivity index (χ0v) is 7.75. The van der Waals surface area contributed by atoms with Crippen molar-refractivity contribution in [1.29, 1.82) is 0 Å². The molecule has 2 heteroatoms. The number of carbonyl (C=O) groups is 1. The fourth-order valence-electron chi connectivity index (χ4n) is 2.59. The summed E-state index contributed by atoms with van der Waals surface area (Å²) in [6.07, 6.45) is 9.59. The standard InChI is InChI=1S/C11H15NO/c1-2-3-7-12-11(13)10-8-5-4-6-9(8)10/h1,8-10H,3-7H2,(H,12,13). The first-order chi connectivity index (χ1) is 6.34. The molecule has 0 spiro atoms. The maximum absolute atomic E-state index is 11.5. The summed E-state index contributed by atoms with van der Waals surface area (Å²) in [5.41, 5.74) is 0. The van der Waals surface area contributed by atoms with E-state index in [9.17, 15) is 4.79 Å². The maximum atomic E-state index is 11.5. The molecular formula is C11H15NO. The van der Waals surface area contributed by atoms with E-state index in [0.29, 0.717) is 30.7 Å². The normalized spacial score (nSPS) is 34.8. The Bertz CT molecular complexity index is 243. The van der Waals surface area contributed by atoms with Gasteiger partial charge >= 0.3 is 0 Å². The Morgan fingerprint density at radius 1 is 1.46 bits per heavy atom. The minimum atomic E-state index is 0.241. The molecule has 2 aliphatic carbocycles. The summed E-state index contributed by atoms with van der Waals surface area (Å²) in [7, 11) is 0. The van der Waals surface area contributed by atoms with E-state index in [1.54, 1.807) is 0 Å². The van der Waals surface area contributed by atoms with Gasteiger partial charge in [-0.1, -0.05) is 6.42 Å². The summed E-state index contributed by atoms with van der Waals surface area (Å²) in [6, 6.07) is 0. The van der Waals surface area contributed by atoms with Gasteiger partial charge < -0.3 is 5.32 Å². The highest BCUT2D eigenvalue weighted by Gasteiger charge is 2.56. The van der Waals surface area contributed by atoms with Crippen LogP contribution in [0.3, 0.4) is 0 Å². The number of hydrogen-bond donors (Lipinski definition) is 1. The molecule has 2 rings (SSSR count). The zero-order valence-electron chi connectivity index (χ0n) is 7.75. The molecule has 1 amide bonds. The van der Waals surface area contributed by atoms with Gasteiger partial charge in [0.25, 0.3) is 0 Å². The first-order valence-corrected chi connectivity index (χ1v) is 5.06. The van der Waals surface area contributed by atoms with Gasteiger partial charge in [-0.05, 0) is 24.7 Å². The van der Waals surface area contributed by atoms with E-state index < -0.39 is 0 Å². The quantitative estimate of drug-likeness (QED) is 0.509. The number of amides is 1. The molecule has 0 aromatic carbocycles. The summed E-state index contributed by atoms with van der Waals surface area (Å²) in [5.74, 6) is 4.53. The molecular weight excluding hydrogens is 162 g/mol. The Balaban J connectivity index is 1.71. The summed E-state index contributed by atoms with van der Waals surface area (Å²) in [5, 5.41) is 2.89. The van der Waals surface area contributed by atoms with Gasteiger partial charge in [-0.15, -0.1) is 12.3 Å². The van der Waals surface area contributed by atoms with Crippen molar-refractivity contribution in [3.63, 3.8) is 0 Å². The summed E-state index contributed by atoms with van der Waals surface area (Å²) < 4.78 is 0. The predicted molar refractivity (Wildman–Crippen MR) is 50.8 cm³/mol. The molecule has 13 heavy (non-hydrogen) atoms. The molecule has 0 heterocycles. The van der Waals surface area contributed by atoms with Crippen LogP contribution in [-0.4, -0.2) is 12.5 Å². The van der Waals surface area contributed by atoms with Crippen LogP contribution in [0.2, 0.25) is 0 Å². The molecule has 2 nitrogen and oxygen atoms in total. The van der Waals surface area contributed by atoms with Crippen molar-refractivity contribution < 1.29 is 4.79 Å². The van der Waals surface area contributed by atoms with Crippen LogP contribution in [0.1, 0.15) is 25.7 Å². The van der Waals surface area contributed by atoms with E-state index in [1.807, 2.05) is 0 Å². The van der Waals surface area contributed by atoms with Crippen molar-refractivity contribution in [3.8, 4) is 12.3 Å². The SMILES string of the molecule is C#CCCNC(=O)C1C2CCCC21. The molecule has 1 N–H and O–H groups in total. The van der Waals surface area contributed by atoms with Crippen LogP contribution in [0.4, 0.5) is 0 Å². The molecule has 2 atom stereocenters. The average molecular weight is 177 g/mol. The van der Waals surface area contributed by atoms with Crippen LogP contribution >= 0.6 is 0 Å². The Morgan fingerprint density at radius 3 is 2.77 bits per heavy atom. The highest BCUT2D eigenvalue weighted by atomic mass is 16.2. The predicted octanol–water partition coefficient (Wildman–Crippen LogP) is 1.17. The molecule has 0 aromatic rings. The number of nitrogens with one attached hydrogen (secondary N) is 1. The monoisotopic (exact) mass is 177 g/mol. The van der Waals surface area contributed by atoms with Crippen molar-refractivity contribution >= 4 is 5.91 Å². The smallest absolute Gasteiger partial charge is 0.223 e. The molecule has 0 bridgehead atoms. The average Bonchev–Trinajstić information content (AvgIpc) is 2.61. The molecule has 70 valence electrons.